The number of ether oxygens (including phenoxy) is 1. The Kier molecular flexibility index (Phi) is 2.16. The number of halogens is 1. The Morgan fingerprint density at radius 2 is 2.08 bits per heavy atom. The second kappa shape index (κ2) is 2.87. The predicted octanol–water partition coefficient (Wildman–Crippen LogP) is 3.41. The summed E-state index contributed by atoms with van der Waals surface area (Å²) in [4.78, 5) is 0. The number of rotatable bonds is 2. The zero-order valence-electron chi connectivity index (χ0n) is 8.77. The molecule has 2 fully saturated rings. The molecule has 0 aromatic carbocycles. The molecule has 0 spiro atoms. The van der Waals surface area contributed by atoms with E-state index in [4.69, 9.17) is 16.3 Å². The molecule has 0 saturated heterocycles. The first kappa shape index (κ1) is 9.79. The van der Waals surface area contributed by atoms with E-state index < -0.39 is 0 Å². The standard InChI is InChI=1S/C11H19ClO/c1-10(2)8-4-5-11(3,6-8)9(10)13-7-12/h8-9H,4-7H2,1-3H3/t8?,9?,11-/m1/s1. The largest absolute Gasteiger partial charge is 0.361 e. The highest BCUT2D eigenvalue weighted by atomic mass is 35.5. The second-order valence-corrected chi connectivity index (χ2v) is 5.79. The zero-order valence-corrected chi connectivity index (χ0v) is 9.53. The quantitative estimate of drug-likeness (QED) is 0.624. The Morgan fingerprint density at radius 3 is 2.54 bits per heavy atom. The number of fused-ring (bicyclic) bond motifs is 2. The van der Waals surface area contributed by atoms with Gasteiger partial charge in [0.2, 0.25) is 0 Å². The van der Waals surface area contributed by atoms with Crippen LogP contribution >= 0.6 is 11.6 Å². The summed E-state index contributed by atoms with van der Waals surface area (Å²) in [5, 5.41) is 0. The van der Waals surface area contributed by atoms with E-state index in [0.29, 0.717) is 23.0 Å². The Bertz CT molecular complexity index is 209. The lowest BCUT2D eigenvalue weighted by Crippen LogP contribution is -2.42. The van der Waals surface area contributed by atoms with Crippen molar-refractivity contribution >= 4 is 11.6 Å². The predicted molar refractivity (Wildman–Crippen MR) is 54.8 cm³/mol. The van der Waals surface area contributed by atoms with E-state index in [2.05, 4.69) is 20.8 Å². The number of hydrogen-bond donors (Lipinski definition) is 0. The van der Waals surface area contributed by atoms with Crippen LogP contribution in [0.3, 0.4) is 0 Å². The molecule has 2 rings (SSSR count). The summed E-state index contributed by atoms with van der Waals surface area (Å²) < 4.78 is 5.72. The van der Waals surface area contributed by atoms with Crippen molar-refractivity contribution in [1.82, 2.24) is 0 Å². The maximum absolute atomic E-state index is 5.72. The van der Waals surface area contributed by atoms with Gasteiger partial charge in [0.15, 0.2) is 0 Å². The van der Waals surface area contributed by atoms with E-state index in [1.807, 2.05) is 0 Å². The van der Waals surface area contributed by atoms with Gasteiger partial charge in [-0.25, -0.2) is 0 Å². The Morgan fingerprint density at radius 1 is 1.38 bits per heavy atom. The molecule has 76 valence electrons. The molecule has 0 N–H and O–H groups in total. The summed E-state index contributed by atoms with van der Waals surface area (Å²) in [6, 6.07) is 0.344. The first-order valence-corrected chi connectivity index (χ1v) is 5.72. The molecule has 2 heteroatoms. The van der Waals surface area contributed by atoms with Crippen LogP contribution in [-0.2, 0) is 4.74 Å². The molecular formula is C11H19ClO. The van der Waals surface area contributed by atoms with Crippen LogP contribution in [0.25, 0.3) is 0 Å². The van der Waals surface area contributed by atoms with Gasteiger partial charge in [-0.1, -0.05) is 32.4 Å². The second-order valence-electron chi connectivity index (χ2n) is 5.57. The molecule has 0 aromatic heterocycles. The van der Waals surface area contributed by atoms with E-state index in [1.54, 1.807) is 0 Å². The van der Waals surface area contributed by atoms with Crippen LogP contribution in [0.1, 0.15) is 40.0 Å². The first-order valence-electron chi connectivity index (χ1n) is 5.18. The van der Waals surface area contributed by atoms with Gasteiger partial charge in [0.1, 0.15) is 6.07 Å². The number of hydrogen-bond acceptors (Lipinski definition) is 1. The van der Waals surface area contributed by atoms with Gasteiger partial charge in [-0.3, -0.25) is 0 Å². The minimum absolute atomic E-state index is 0.335. The Hall–Kier alpha value is 0.250. The van der Waals surface area contributed by atoms with Gasteiger partial charge >= 0.3 is 0 Å². The molecule has 0 amide bonds. The van der Waals surface area contributed by atoms with Gasteiger partial charge in [-0.2, -0.15) is 0 Å². The third-order valence-electron chi connectivity index (χ3n) is 4.37. The van der Waals surface area contributed by atoms with Crippen LogP contribution in [0, 0.1) is 16.7 Å². The lowest BCUT2D eigenvalue weighted by atomic mass is 9.70. The monoisotopic (exact) mass is 202 g/mol. The van der Waals surface area contributed by atoms with Crippen molar-refractivity contribution in [3.05, 3.63) is 0 Å². The highest BCUT2D eigenvalue weighted by molar-refractivity contribution is 6.17. The topological polar surface area (TPSA) is 9.23 Å². The summed E-state index contributed by atoms with van der Waals surface area (Å²) in [5.74, 6) is 0.853. The van der Waals surface area contributed by atoms with Crippen LogP contribution in [0.15, 0.2) is 0 Å². The minimum atomic E-state index is 0.335. The molecule has 0 aliphatic heterocycles. The third-order valence-corrected chi connectivity index (χ3v) is 4.49. The molecule has 13 heavy (non-hydrogen) atoms. The molecule has 1 nitrogen and oxygen atoms in total. The number of alkyl halides is 1. The average Bonchev–Trinajstić information content (AvgIpc) is 2.50. The Labute approximate surface area is 85.8 Å². The normalized spacial score (nSPS) is 47.1. The third kappa shape index (κ3) is 1.24. The van der Waals surface area contributed by atoms with Crippen LogP contribution in [-0.4, -0.2) is 12.2 Å². The molecule has 2 aliphatic rings. The van der Waals surface area contributed by atoms with Crippen molar-refractivity contribution in [3.8, 4) is 0 Å². The molecule has 2 aliphatic carbocycles. The summed E-state index contributed by atoms with van der Waals surface area (Å²) in [6.07, 6.45) is 4.41. The van der Waals surface area contributed by atoms with Gasteiger partial charge in [-0.05, 0) is 36.0 Å². The van der Waals surface area contributed by atoms with E-state index in [9.17, 15) is 0 Å². The van der Waals surface area contributed by atoms with Crippen molar-refractivity contribution in [2.24, 2.45) is 16.7 Å². The first-order chi connectivity index (χ1) is 6.00. The van der Waals surface area contributed by atoms with E-state index in [0.717, 1.165) is 5.92 Å². The smallest absolute Gasteiger partial charge is 0.121 e. The molecular weight excluding hydrogens is 184 g/mol. The lowest BCUT2D eigenvalue weighted by Gasteiger charge is -2.41. The summed E-state index contributed by atoms with van der Waals surface area (Å²) in [7, 11) is 0. The van der Waals surface area contributed by atoms with Crippen LogP contribution < -0.4 is 0 Å². The molecule has 2 bridgehead atoms. The summed E-state index contributed by atoms with van der Waals surface area (Å²) in [6.45, 7) is 7.03. The summed E-state index contributed by atoms with van der Waals surface area (Å²) in [5.41, 5.74) is 0.741. The molecule has 0 aromatic rings. The van der Waals surface area contributed by atoms with Crippen molar-refractivity contribution in [2.75, 3.05) is 6.07 Å². The maximum Gasteiger partial charge on any atom is 0.121 e. The van der Waals surface area contributed by atoms with Crippen molar-refractivity contribution in [1.29, 1.82) is 0 Å². The van der Waals surface area contributed by atoms with E-state index in [1.165, 1.54) is 19.3 Å². The molecule has 0 heterocycles. The van der Waals surface area contributed by atoms with Crippen LogP contribution in [0.2, 0.25) is 0 Å². The fourth-order valence-electron chi connectivity index (χ4n) is 3.74. The lowest BCUT2D eigenvalue weighted by molar-refractivity contribution is -0.0722. The van der Waals surface area contributed by atoms with Gasteiger partial charge in [0, 0.05) is 0 Å². The zero-order chi connectivity index (χ0) is 9.69. The fraction of sp³-hybridized carbons (Fsp3) is 1.00. The van der Waals surface area contributed by atoms with Crippen molar-refractivity contribution in [3.63, 3.8) is 0 Å². The highest BCUT2D eigenvalue weighted by Crippen LogP contribution is 2.63. The fourth-order valence-corrected chi connectivity index (χ4v) is 3.86. The van der Waals surface area contributed by atoms with Gasteiger partial charge in [0.25, 0.3) is 0 Å². The van der Waals surface area contributed by atoms with Crippen LogP contribution in [0.5, 0.6) is 0 Å². The summed E-state index contributed by atoms with van der Waals surface area (Å²) >= 11 is 5.69. The van der Waals surface area contributed by atoms with Gasteiger partial charge in [0.05, 0.1) is 6.10 Å². The SMILES string of the molecule is CC1(C)C2CC[C@](C)(C2)C1OCCl. The molecule has 0 radical (unpaired) electrons. The minimum Gasteiger partial charge on any atom is -0.361 e. The highest BCUT2D eigenvalue weighted by Gasteiger charge is 2.59. The van der Waals surface area contributed by atoms with Crippen LogP contribution in [0.4, 0.5) is 0 Å². The average molecular weight is 203 g/mol. The van der Waals surface area contributed by atoms with E-state index >= 15 is 0 Å². The van der Waals surface area contributed by atoms with Crippen molar-refractivity contribution in [2.45, 2.75) is 46.1 Å². The van der Waals surface area contributed by atoms with Crippen molar-refractivity contribution < 1.29 is 4.74 Å². The maximum atomic E-state index is 5.72. The van der Waals surface area contributed by atoms with Gasteiger partial charge in [-0.15, -0.1) is 0 Å². The molecule has 3 atom stereocenters. The van der Waals surface area contributed by atoms with E-state index in [-0.39, 0.29) is 0 Å². The molecule has 2 unspecified atom stereocenters. The molecule has 2 saturated carbocycles. The van der Waals surface area contributed by atoms with Gasteiger partial charge < -0.3 is 4.74 Å². The Balaban J connectivity index is 2.23.